The van der Waals surface area contributed by atoms with E-state index in [0.717, 1.165) is 17.0 Å². The van der Waals surface area contributed by atoms with Gasteiger partial charge in [0.05, 0.1) is 5.69 Å². The molecule has 90 valence electrons. The van der Waals surface area contributed by atoms with Gasteiger partial charge in [0.2, 0.25) is 0 Å². The molecule has 2 rings (SSSR count). The summed E-state index contributed by atoms with van der Waals surface area (Å²) >= 11 is 0. The molecule has 0 aliphatic heterocycles. The van der Waals surface area contributed by atoms with Crippen molar-refractivity contribution in [2.45, 2.75) is 13.3 Å². The number of benzene rings is 1. The van der Waals surface area contributed by atoms with Gasteiger partial charge < -0.3 is 20.0 Å². The van der Waals surface area contributed by atoms with E-state index in [1.807, 2.05) is 19.1 Å². The van der Waals surface area contributed by atoms with Gasteiger partial charge in [-0.05, 0) is 24.6 Å². The molecule has 0 aliphatic carbocycles. The Morgan fingerprint density at radius 1 is 1.35 bits per heavy atom. The maximum absolute atomic E-state index is 8.60. The summed E-state index contributed by atoms with van der Waals surface area (Å²) in [4.78, 5) is 4.01. The Hall–Kier alpha value is -2.01. The van der Waals surface area contributed by atoms with Crippen LogP contribution in [-0.2, 0) is 6.42 Å². The van der Waals surface area contributed by atoms with Crippen LogP contribution < -0.4 is 10.5 Å². The Bertz CT molecular complexity index is 491. The number of aromatic nitrogens is 1. The first-order valence-electron chi connectivity index (χ1n) is 5.23. The fourth-order valence-electron chi connectivity index (χ4n) is 1.58. The van der Waals surface area contributed by atoms with Gasteiger partial charge in [0.1, 0.15) is 11.5 Å². The van der Waals surface area contributed by atoms with Gasteiger partial charge in [0.25, 0.3) is 6.01 Å². The highest BCUT2D eigenvalue weighted by molar-refractivity contribution is 5.31. The topological polar surface area (TPSA) is 81.5 Å². The number of nitrogens with two attached hydrogens (primary N) is 1. The lowest BCUT2D eigenvalue weighted by Gasteiger charge is -2.03. The van der Waals surface area contributed by atoms with Gasteiger partial charge in [-0.25, -0.2) is 0 Å². The summed E-state index contributed by atoms with van der Waals surface area (Å²) in [5, 5.41) is 8.60. The summed E-state index contributed by atoms with van der Waals surface area (Å²) in [6.07, 6.45) is 0.634. The zero-order chi connectivity index (χ0) is 12.3. The van der Waals surface area contributed by atoms with Crippen molar-refractivity contribution in [2.75, 3.05) is 12.5 Å². The number of hydrogen-bond acceptors (Lipinski definition) is 5. The SMILES string of the molecule is Cc1nc(N)oc1Cc1ccc(OCO)cc1. The van der Waals surface area contributed by atoms with Crippen molar-refractivity contribution in [3.63, 3.8) is 0 Å². The van der Waals surface area contributed by atoms with E-state index in [1.165, 1.54) is 0 Å². The van der Waals surface area contributed by atoms with Crippen molar-refractivity contribution in [3.8, 4) is 5.75 Å². The molecule has 1 aromatic heterocycles. The summed E-state index contributed by atoms with van der Waals surface area (Å²) < 4.78 is 10.2. The van der Waals surface area contributed by atoms with Gasteiger partial charge in [-0.15, -0.1) is 0 Å². The minimum atomic E-state index is -0.322. The van der Waals surface area contributed by atoms with Crippen molar-refractivity contribution in [1.82, 2.24) is 4.98 Å². The molecule has 5 nitrogen and oxygen atoms in total. The Kier molecular flexibility index (Phi) is 3.30. The maximum atomic E-state index is 8.60. The zero-order valence-corrected chi connectivity index (χ0v) is 9.51. The molecule has 0 unspecified atom stereocenters. The summed E-state index contributed by atoms with van der Waals surface area (Å²) in [6, 6.07) is 7.59. The molecule has 0 radical (unpaired) electrons. The second-order valence-electron chi connectivity index (χ2n) is 3.65. The Morgan fingerprint density at radius 2 is 2.06 bits per heavy atom. The lowest BCUT2D eigenvalue weighted by Crippen LogP contribution is -1.95. The van der Waals surface area contributed by atoms with Crippen LogP contribution in [-0.4, -0.2) is 16.9 Å². The number of nitrogens with zero attached hydrogens (tertiary/aromatic N) is 1. The fraction of sp³-hybridized carbons (Fsp3) is 0.250. The normalized spacial score (nSPS) is 10.5. The third kappa shape index (κ3) is 2.76. The van der Waals surface area contributed by atoms with Crippen molar-refractivity contribution < 1.29 is 14.3 Å². The largest absolute Gasteiger partial charge is 0.468 e. The molecular formula is C12H14N2O3. The Morgan fingerprint density at radius 3 is 2.59 bits per heavy atom. The predicted molar refractivity (Wildman–Crippen MR) is 62.6 cm³/mol. The molecule has 0 spiro atoms. The number of hydrogen-bond donors (Lipinski definition) is 2. The lowest BCUT2D eigenvalue weighted by molar-refractivity contribution is 0.0985. The van der Waals surface area contributed by atoms with E-state index in [0.29, 0.717) is 12.2 Å². The van der Waals surface area contributed by atoms with Gasteiger partial charge in [-0.1, -0.05) is 12.1 Å². The second kappa shape index (κ2) is 4.88. The van der Waals surface area contributed by atoms with E-state index < -0.39 is 0 Å². The van der Waals surface area contributed by atoms with Crippen molar-refractivity contribution in [1.29, 1.82) is 0 Å². The minimum Gasteiger partial charge on any atom is -0.468 e. The Balaban J connectivity index is 2.11. The van der Waals surface area contributed by atoms with E-state index in [1.54, 1.807) is 12.1 Å². The molecule has 0 amide bonds. The smallest absolute Gasteiger partial charge is 0.292 e. The van der Waals surface area contributed by atoms with Crippen LogP contribution in [0.4, 0.5) is 6.01 Å². The molecule has 17 heavy (non-hydrogen) atoms. The van der Waals surface area contributed by atoms with Crippen LogP contribution in [0.3, 0.4) is 0 Å². The first kappa shape index (κ1) is 11.5. The Labute approximate surface area is 98.8 Å². The molecule has 3 N–H and O–H groups in total. The molecule has 2 aromatic rings. The molecule has 5 heteroatoms. The molecule has 0 bridgehead atoms. The summed E-state index contributed by atoms with van der Waals surface area (Å²) in [5.74, 6) is 1.39. The van der Waals surface area contributed by atoms with Gasteiger partial charge in [0.15, 0.2) is 6.79 Å². The fourth-order valence-corrected chi connectivity index (χ4v) is 1.58. The van der Waals surface area contributed by atoms with Crippen LogP contribution >= 0.6 is 0 Å². The molecular weight excluding hydrogens is 220 g/mol. The molecule has 0 saturated carbocycles. The number of nitrogen functional groups attached to an aromatic ring is 1. The van der Waals surface area contributed by atoms with Crippen LogP contribution in [0.1, 0.15) is 17.0 Å². The highest BCUT2D eigenvalue weighted by atomic mass is 16.6. The van der Waals surface area contributed by atoms with E-state index in [-0.39, 0.29) is 12.8 Å². The van der Waals surface area contributed by atoms with Gasteiger partial charge in [-0.3, -0.25) is 0 Å². The van der Waals surface area contributed by atoms with Gasteiger partial charge >= 0.3 is 0 Å². The number of aliphatic hydroxyl groups is 1. The number of aryl methyl sites for hydroxylation is 1. The number of aliphatic hydroxyl groups excluding tert-OH is 1. The third-order valence-corrected chi connectivity index (χ3v) is 2.43. The second-order valence-corrected chi connectivity index (χ2v) is 3.65. The first-order chi connectivity index (χ1) is 8.19. The monoisotopic (exact) mass is 234 g/mol. The summed E-state index contributed by atoms with van der Waals surface area (Å²) in [6.45, 7) is 1.54. The van der Waals surface area contributed by atoms with E-state index in [4.69, 9.17) is 20.0 Å². The van der Waals surface area contributed by atoms with Crippen molar-refractivity contribution in [3.05, 3.63) is 41.3 Å². The highest BCUT2D eigenvalue weighted by Crippen LogP contribution is 2.18. The molecule has 0 fully saturated rings. The molecule has 1 aromatic carbocycles. The average Bonchev–Trinajstić information content (AvgIpc) is 2.61. The van der Waals surface area contributed by atoms with Crippen LogP contribution in [0.15, 0.2) is 28.7 Å². The number of rotatable bonds is 4. The third-order valence-electron chi connectivity index (χ3n) is 2.43. The molecule has 0 aliphatic rings. The van der Waals surface area contributed by atoms with E-state index in [2.05, 4.69) is 4.98 Å². The van der Waals surface area contributed by atoms with Gasteiger partial charge in [0, 0.05) is 6.42 Å². The maximum Gasteiger partial charge on any atom is 0.292 e. The van der Waals surface area contributed by atoms with Crippen LogP contribution in [0, 0.1) is 6.92 Å². The molecule has 0 atom stereocenters. The van der Waals surface area contributed by atoms with Crippen LogP contribution in [0.2, 0.25) is 0 Å². The minimum absolute atomic E-state index is 0.192. The zero-order valence-electron chi connectivity index (χ0n) is 9.51. The van der Waals surface area contributed by atoms with E-state index >= 15 is 0 Å². The quantitative estimate of drug-likeness (QED) is 0.783. The summed E-state index contributed by atoms with van der Waals surface area (Å²) in [5.41, 5.74) is 7.34. The lowest BCUT2D eigenvalue weighted by atomic mass is 10.1. The summed E-state index contributed by atoms with van der Waals surface area (Å²) in [7, 11) is 0. The number of oxazole rings is 1. The highest BCUT2D eigenvalue weighted by Gasteiger charge is 2.08. The standard InChI is InChI=1S/C12H14N2O3/c1-8-11(17-12(13)14-8)6-9-2-4-10(5-3-9)16-7-15/h2-5,15H,6-7H2,1H3,(H2,13,14). The van der Waals surface area contributed by atoms with E-state index in [9.17, 15) is 0 Å². The van der Waals surface area contributed by atoms with Crippen molar-refractivity contribution >= 4 is 6.01 Å². The average molecular weight is 234 g/mol. The number of ether oxygens (including phenoxy) is 1. The van der Waals surface area contributed by atoms with Crippen LogP contribution in [0.5, 0.6) is 5.75 Å². The van der Waals surface area contributed by atoms with Gasteiger partial charge in [-0.2, -0.15) is 4.98 Å². The van der Waals surface area contributed by atoms with Crippen molar-refractivity contribution in [2.24, 2.45) is 0 Å². The predicted octanol–water partition coefficient (Wildman–Crippen LogP) is 1.48. The first-order valence-corrected chi connectivity index (χ1v) is 5.23. The molecule has 0 saturated heterocycles. The van der Waals surface area contributed by atoms with Crippen LogP contribution in [0.25, 0.3) is 0 Å². The molecule has 1 heterocycles. The number of anilines is 1.